The molecule has 0 atom stereocenters. The fourth-order valence-electron chi connectivity index (χ4n) is 1.97. The molecular weight excluding hydrogens is 267 g/mol. The predicted molar refractivity (Wildman–Crippen MR) is 71.0 cm³/mol. The minimum Gasteiger partial charge on any atom is -0.324 e. The van der Waals surface area contributed by atoms with Crippen molar-refractivity contribution in [1.82, 2.24) is 0 Å². The number of benzene rings is 1. The van der Waals surface area contributed by atoms with Crippen molar-refractivity contribution in [1.29, 1.82) is 0 Å². The summed E-state index contributed by atoms with van der Waals surface area (Å²) >= 11 is 0. The van der Waals surface area contributed by atoms with Crippen LogP contribution in [-0.4, -0.2) is 12.0 Å². The first-order valence-corrected chi connectivity index (χ1v) is 6.08. The van der Waals surface area contributed by atoms with Gasteiger partial charge in [0.2, 0.25) is 0 Å². The van der Waals surface area contributed by atoms with Crippen LogP contribution in [0.25, 0.3) is 0 Å². The summed E-state index contributed by atoms with van der Waals surface area (Å²) < 4.78 is 38.0. The first-order valence-electron chi connectivity index (χ1n) is 6.08. The van der Waals surface area contributed by atoms with Crippen LogP contribution in [0.3, 0.4) is 0 Å². The van der Waals surface area contributed by atoms with Gasteiger partial charge in [0, 0.05) is 29.1 Å². The van der Waals surface area contributed by atoms with Crippen LogP contribution in [0.15, 0.2) is 54.4 Å². The SMILES string of the molecule is CC1(C)C=CN(c2ccccc2)C=C1C(=O)C(F)(F)F. The van der Waals surface area contributed by atoms with E-state index in [1.165, 1.54) is 11.1 Å². The van der Waals surface area contributed by atoms with Crippen LogP contribution in [0.4, 0.5) is 18.9 Å². The molecule has 1 aliphatic heterocycles. The summed E-state index contributed by atoms with van der Waals surface area (Å²) in [5, 5.41) is 0. The zero-order valence-corrected chi connectivity index (χ0v) is 11.1. The molecule has 0 saturated heterocycles. The Balaban J connectivity index is 2.42. The lowest BCUT2D eigenvalue weighted by atomic mass is 9.80. The van der Waals surface area contributed by atoms with E-state index in [1.54, 1.807) is 50.4 Å². The largest absolute Gasteiger partial charge is 0.454 e. The zero-order chi connectivity index (χ0) is 15.0. The highest BCUT2D eigenvalue weighted by molar-refractivity contribution is 6.01. The number of Topliss-reactive ketones (excluding diaryl/α,β-unsaturated/α-hetero) is 1. The molecule has 0 N–H and O–H groups in total. The van der Waals surface area contributed by atoms with Gasteiger partial charge in [0.05, 0.1) is 0 Å². The minimum absolute atomic E-state index is 0.267. The summed E-state index contributed by atoms with van der Waals surface area (Å²) in [5.74, 6) is -1.80. The number of halogens is 3. The maximum atomic E-state index is 12.7. The number of hydrogen-bond acceptors (Lipinski definition) is 2. The number of rotatable bonds is 2. The molecule has 5 heteroatoms. The Labute approximate surface area is 115 Å². The maximum Gasteiger partial charge on any atom is 0.454 e. The maximum absolute atomic E-state index is 12.7. The van der Waals surface area contributed by atoms with E-state index < -0.39 is 17.4 Å². The van der Waals surface area contributed by atoms with E-state index in [-0.39, 0.29) is 5.57 Å². The minimum atomic E-state index is -4.86. The van der Waals surface area contributed by atoms with Crippen LogP contribution in [0, 0.1) is 5.41 Å². The average molecular weight is 281 g/mol. The van der Waals surface area contributed by atoms with Gasteiger partial charge in [-0.25, -0.2) is 0 Å². The van der Waals surface area contributed by atoms with E-state index in [0.29, 0.717) is 5.69 Å². The number of carbonyl (C=O) groups excluding carboxylic acids is 1. The highest BCUT2D eigenvalue weighted by Crippen LogP contribution is 2.37. The normalized spacial score (nSPS) is 17.9. The fraction of sp³-hybridized carbons (Fsp3) is 0.267. The van der Waals surface area contributed by atoms with Crippen molar-refractivity contribution in [3.05, 3.63) is 54.4 Å². The van der Waals surface area contributed by atoms with Gasteiger partial charge in [-0.2, -0.15) is 13.2 Å². The third-order valence-electron chi connectivity index (χ3n) is 3.17. The lowest BCUT2D eigenvalue weighted by Crippen LogP contribution is -2.34. The Morgan fingerprint density at radius 1 is 1.15 bits per heavy atom. The van der Waals surface area contributed by atoms with E-state index in [9.17, 15) is 18.0 Å². The van der Waals surface area contributed by atoms with Gasteiger partial charge in [-0.3, -0.25) is 4.79 Å². The first-order chi connectivity index (χ1) is 9.22. The van der Waals surface area contributed by atoms with Crippen molar-refractivity contribution in [2.75, 3.05) is 4.90 Å². The summed E-state index contributed by atoms with van der Waals surface area (Å²) in [4.78, 5) is 13.1. The zero-order valence-electron chi connectivity index (χ0n) is 11.1. The van der Waals surface area contributed by atoms with Crippen molar-refractivity contribution in [2.45, 2.75) is 20.0 Å². The molecule has 1 aliphatic rings. The first kappa shape index (κ1) is 14.4. The predicted octanol–water partition coefficient (Wildman–Crippen LogP) is 4.06. The van der Waals surface area contributed by atoms with Gasteiger partial charge in [0.25, 0.3) is 5.78 Å². The van der Waals surface area contributed by atoms with Gasteiger partial charge in [0.15, 0.2) is 0 Å². The number of carbonyl (C=O) groups is 1. The Morgan fingerprint density at radius 3 is 2.30 bits per heavy atom. The Kier molecular flexibility index (Phi) is 3.46. The Hall–Kier alpha value is -2.04. The summed E-state index contributed by atoms with van der Waals surface area (Å²) in [6.07, 6.45) is -0.344. The van der Waals surface area contributed by atoms with Crippen molar-refractivity contribution < 1.29 is 18.0 Å². The standard InChI is InChI=1S/C15H14F3NO/c1-14(2)8-9-19(11-6-4-3-5-7-11)10-12(14)13(20)15(16,17)18/h3-10H,1-2H3. The summed E-state index contributed by atoms with van der Waals surface area (Å²) in [5.41, 5.74) is -0.513. The van der Waals surface area contributed by atoms with E-state index in [4.69, 9.17) is 0 Å². The van der Waals surface area contributed by atoms with E-state index in [1.807, 2.05) is 6.07 Å². The molecule has 0 fully saturated rings. The van der Waals surface area contributed by atoms with Crippen molar-refractivity contribution in [2.24, 2.45) is 5.41 Å². The summed E-state index contributed by atoms with van der Waals surface area (Å²) in [6, 6.07) is 8.89. The smallest absolute Gasteiger partial charge is 0.324 e. The molecule has 1 aromatic carbocycles. The van der Waals surface area contributed by atoms with Crippen LogP contribution in [0.2, 0.25) is 0 Å². The van der Waals surface area contributed by atoms with Crippen molar-refractivity contribution in [3.8, 4) is 0 Å². The fourth-order valence-corrected chi connectivity index (χ4v) is 1.97. The van der Waals surface area contributed by atoms with E-state index in [2.05, 4.69) is 0 Å². The Morgan fingerprint density at radius 2 is 1.75 bits per heavy atom. The molecule has 0 saturated carbocycles. The van der Waals surface area contributed by atoms with Gasteiger partial charge in [0.1, 0.15) is 0 Å². The second kappa shape index (κ2) is 4.81. The topological polar surface area (TPSA) is 20.3 Å². The molecule has 20 heavy (non-hydrogen) atoms. The van der Waals surface area contributed by atoms with Crippen LogP contribution >= 0.6 is 0 Å². The second-order valence-electron chi connectivity index (χ2n) is 5.15. The third kappa shape index (κ3) is 2.76. The van der Waals surface area contributed by atoms with E-state index >= 15 is 0 Å². The lowest BCUT2D eigenvalue weighted by molar-refractivity contribution is -0.167. The molecule has 0 unspecified atom stereocenters. The highest BCUT2D eigenvalue weighted by Gasteiger charge is 2.45. The van der Waals surface area contributed by atoms with Gasteiger partial charge < -0.3 is 4.90 Å². The lowest BCUT2D eigenvalue weighted by Gasteiger charge is -2.31. The highest BCUT2D eigenvalue weighted by atomic mass is 19.4. The molecule has 106 valence electrons. The molecule has 0 bridgehead atoms. The quantitative estimate of drug-likeness (QED) is 0.814. The number of nitrogens with zero attached hydrogens (tertiary/aromatic N) is 1. The molecule has 0 radical (unpaired) electrons. The van der Waals surface area contributed by atoms with Gasteiger partial charge >= 0.3 is 6.18 Å². The van der Waals surface area contributed by atoms with Gasteiger partial charge in [-0.05, 0) is 12.1 Å². The van der Waals surface area contributed by atoms with Crippen molar-refractivity contribution >= 4 is 11.5 Å². The number of ketones is 1. The number of para-hydroxylation sites is 1. The van der Waals surface area contributed by atoms with Crippen LogP contribution in [0.1, 0.15) is 13.8 Å². The second-order valence-corrected chi connectivity index (χ2v) is 5.15. The monoisotopic (exact) mass is 281 g/mol. The van der Waals surface area contributed by atoms with Crippen molar-refractivity contribution in [3.63, 3.8) is 0 Å². The molecule has 2 rings (SSSR count). The molecule has 1 heterocycles. The van der Waals surface area contributed by atoms with Crippen LogP contribution < -0.4 is 4.90 Å². The molecular formula is C15H14F3NO. The van der Waals surface area contributed by atoms with Crippen LogP contribution in [-0.2, 0) is 4.79 Å². The summed E-state index contributed by atoms with van der Waals surface area (Å²) in [6.45, 7) is 3.17. The number of anilines is 1. The molecule has 0 amide bonds. The van der Waals surface area contributed by atoms with E-state index in [0.717, 1.165) is 0 Å². The number of alkyl halides is 3. The average Bonchev–Trinajstić information content (AvgIpc) is 2.37. The number of allylic oxidation sites excluding steroid dienone is 2. The molecule has 0 spiro atoms. The van der Waals surface area contributed by atoms with Gasteiger partial charge in [-0.1, -0.05) is 38.1 Å². The Bertz CT molecular complexity index is 571. The third-order valence-corrected chi connectivity index (χ3v) is 3.17. The van der Waals surface area contributed by atoms with Crippen LogP contribution in [0.5, 0.6) is 0 Å². The molecule has 0 aromatic heterocycles. The summed E-state index contributed by atoms with van der Waals surface area (Å²) in [7, 11) is 0. The van der Waals surface area contributed by atoms with Gasteiger partial charge in [-0.15, -0.1) is 0 Å². The molecule has 2 nitrogen and oxygen atoms in total. The number of hydrogen-bond donors (Lipinski definition) is 0. The molecule has 0 aliphatic carbocycles. The molecule has 1 aromatic rings.